The van der Waals surface area contributed by atoms with Gasteiger partial charge in [0.1, 0.15) is 12.6 Å². The van der Waals surface area contributed by atoms with Gasteiger partial charge in [-0.1, -0.05) is 59.6 Å². The molecule has 0 heterocycles. The largest absolute Gasteiger partial charge is 0.355 e. The van der Waals surface area contributed by atoms with E-state index in [2.05, 4.69) is 5.32 Å². The van der Waals surface area contributed by atoms with Crippen LogP contribution in [0.3, 0.4) is 0 Å². The number of hydrogen-bond donors (Lipinski definition) is 1. The Hall–Kier alpha value is -3.36. The molecule has 0 aliphatic carbocycles. The van der Waals surface area contributed by atoms with Crippen molar-refractivity contribution in [1.29, 1.82) is 0 Å². The van der Waals surface area contributed by atoms with Crippen molar-refractivity contribution < 1.29 is 18.0 Å². The van der Waals surface area contributed by atoms with E-state index in [0.717, 1.165) is 15.4 Å². The number of sulfonamides is 1. The first-order valence-electron chi connectivity index (χ1n) is 11.6. The van der Waals surface area contributed by atoms with Crippen LogP contribution < -0.4 is 9.62 Å². The third-order valence-electron chi connectivity index (χ3n) is 5.68. The molecule has 1 atom stereocenters. The van der Waals surface area contributed by atoms with Crippen molar-refractivity contribution >= 4 is 39.1 Å². The van der Waals surface area contributed by atoms with Gasteiger partial charge in [-0.3, -0.25) is 13.9 Å². The molecule has 3 aromatic carbocycles. The molecule has 1 N–H and O–H groups in total. The van der Waals surface area contributed by atoms with E-state index in [4.69, 9.17) is 11.6 Å². The molecular weight excluding hydrogens is 498 g/mol. The molecule has 0 saturated carbocycles. The molecule has 0 aliphatic heterocycles. The van der Waals surface area contributed by atoms with Gasteiger partial charge in [-0.25, -0.2) is 8.42 Å². The number of carbonyl (C=O) groups is 2. The van der Waals surface area contributed by atoms with Crippen LogP contribution in [0.2, 0.25) is 5.02 Å². The zero-order chi connectivity index (χ0) is 26.3. The van der Waals surface area contributed by atoms with Crippen LogP contribution in [0.5, 0.6) is 0 Å². The second-order valence-electron chi connectivity index (χ2n) is 8.38. The van der Waals surface area contributed by atoms with Crippen LogP contribution in [-0.2, 0) is 26.2 Å². The van der Waals surface area contributed by atoms with Crippen LogP contribution in [0.15, 0.2) is 83.8 Å². The highest BCUT2D eigenvalue weighted by atomic mass is 35.5. The average Bonchev–Trinajstić information content (AvgIpc) is 2.86. The van der Waals surface area contributed by atoms with Gasteiger partial charge in [-0.15, -0.1) is 0 Å². The molecule has 7 nitrogen and oxygen atoms in total. The van der Waals surface area contributed by atoms with Gasteiger partial charge in [0.05, 0.1) is 10.6 Å². The summed E-state index contributed by atoms with van der Waals surface area (Å²) in [7, 11) is -4.09. The summed E-state index contributed by atoms with van der Waals surface area (Å²) >= 11 is 6.03. The fraction of sp³-hybridized carbons (Fsp3) is 0.259. The Bertz CT molecular complexity index is 1300. The van der Waals surface area contributed by atoms with E-state index in [-0.39, 0.29) is 23.0 Å². The van der Waals surface area contributed by atoms with Crippen molar-refractivity contribution in [2.24, 2.45) is 0 Å². The van der Waals surface area contributed by atoms with Gasteiger partial charge in [-0.05, 0) is 62.7 Å². The van der Waals surface area contributed by atoms with Crippen molar-refractivity contribution in [1.82, 2.24) is 10.2 Å². The molecule has 0 aromatic heterocycles. The molecule has 0 radical (unpaired) electrons. The summed E-state index contributed by atoms with van der Waals surface area (Å²) in [4.78, 5) is 27.9. The maximum atomic E-state index is 13.7. The number of aryl methyl sites for hydroxylation is 1. The second kappa shape index (κ2) is 12.1. The van der Waals surface area contributed by atoms with E-state index in [1.165, 1.54) is 17.0 Å². The Morgan fingerprint density at radius 2 is 1.64 bits per heavy atom. The molecule has 36 heavy (non-hydrogen) atoms. The number of hydrogen-bond acceptors (Lipinski definition) is 4. The van der Waals surface area contributed by atoms with E-state index in [1.54, 1.807) is 56.3 Å². The normalized spacial score (nSPS) is 12.0. The summed E-state index contributed by atoms with van der Waals surface area (Å²) in [6.45, 7) is 5.45. The minimum absolute atomic E-state index is 0.0507. The van der Waals surface area contributed by atoms with Gasteiger partial charge in [0.15, 0.2) is 0 Å². The number of carbonyl (C=O) groups excluding carboxylic acids is 2. The van der Waals surface area contributed by atoms with Crippen molar-refractivity contribution in [3.8, 4) is 0 Å². The zero-order valence-corrected chi connectivity index (χ0v) is 22.1. The van der Waals surface area contributed by atoms with E-state index in [1.807, 2.05) is 31.2 Å². The molecule has 9 heteroatoms. The van der Waals surface area contributed by atoms with Crippen LogP contribution in [0.1, 0.15) is 25.0 Å². The lowest BCUT2D eigenvalue weighted by Crippen LogP contribution is -2.51. The zero-order valence-electron chi connectivity index (χ0n) is 20.5. The summed E-state index contributed by atoms with van der Waals surface area (Å²) in [6.07, 6.45) is 0. The topological polar surface area (TPSA) is 86.8 Å². The Labute approximate surface area is 217 Å². The Balaban J connectivity index is 2.01. The van der Waals surface area contributed by atoms with Crippen LogP contribution >= 0.6 is 11.6 Å². The van der Waals surface area contributed by atoms with Crippen LogP contribution in [0, 0.1) is 6.92 Å². The van der Waals surface area contributed by atoms with Crippen LogP contribution in [0.4, 0.5) is 5.69 Å². The van der Waals surface area contributed by atoms with Gasteiger partial charge < -0.3 is 10.2 Å². The van der Waals surface area contributed by atoms with Crippen LogP contribution in [0.25, 0.3) is 0 Å². The summed E-state index contributed by atoms with van der Waals surface area (Å²) in [6, 6.07) is 21.0. The second-order valence-corrected chi connectivity index (χ2v) is 10.7. The first-order valence-corrected chi connectivity index (χ1v) is 13.4. The van der Waals surface area contributed by atoms with Gasteiger partial charge in [-0.2, -0.15) is 0 Å². The lowest BCUT2D eigenvalue weighted by atomic mass is 10.1. The van der Waals surface area contributed by atoms with Crippen molar-refractivity contribution in [3.05, 3.63) is 95.0 Å². The first kappa shape index (κ1) is 27.2. The molecule has 0 bridgehead atoms. The third-order valence-corrected chi connectivity index (χ3v) is 7.72. The molecule has 3 rings (SSSR count). The molecule has 1 unspecified atom stereocenters. The maximum absolute atomic E-state index is 13.7. The molecule has 0 fully saturated rings. The van der Waals surface area contributed by atoms with E-state index in [9.17, 15) is 18.0 Å². The fourth-order valence-corrected chi connectivity index (χ4v) is 5.33. The lowest BCUT2D eigenvalue weighted by molar-refractivity contribution is -0.139. The molecule has 0 saturated heterocycles. The Morgan fingerprint density at radius 3 is 2.25 bits per heavy atom. The first-order chi connectivity index (χ1) is 17.1. The number of halogens is 1. The molecule has 3 aromatic rings. The number of benzene rings is 3. The number of anilines is 1. The average molecular weight is 528 g/mol. The van der Waals surface area contributed by atoms with E-state index >= 15 is 0 Å². The minimum atomic E-state index is -4.09. The van der Waals surface area contributed by atoms with Crippen molar-refractivity contribution in [3.63, 3.8) is 0 Å². The SMILES string of the molecule is CCNC(=O)C(C)N(Cc1cccc(C)c1)C(=O)CN(c1ccc(Cl)cc1)S(=O)(=O)c1ccccc1. The highest BCUT2D eigenvalue weighted by Crippen LogP contribution is 2.26. The minimum Gasteiger partial charge on any atom is -0.355 e. The monoisotopic (exact) mass is 527 g/mol. The molecule has 0 aliphatic rings. The lowest BCUT2D eigenvalue weighted by Gasteiger charge is -2.32. The number of nitrogens with zero attached hydrogens (tertiary/aromatic N) is 2. The number of likely N-dealkylation sites (N-methyl/N-ethyl adjacent to an activating group) is 1. The van der Waals surface area contributed by atoms with Gasteiger partial charge in [0.2, 0.25) is 11.8 Å². The van der Waals surface area contributed by atoms with Gasteiger partial charge >= 0.3 is 0 Å². The quantitative estimate of drug-likeness (QED) is 0.423. The number of amides is 2. The summed E-state index contributed by atoms with van der Waals surface area (Å²) in [5.74, 6) is -0.827. The fourth-order valence-electron chi connectivity index (χ4n) is 3.77. The summed E-state index contributed by atoms with van der Waals surface area (Å²) in [5, 5.41) is 3.18. The molecule has 0 spiro atoms. The predicted molar refractivity (Wildman–Crippen MR) is 142 cm³/mol. The van der Waals surface area contributed by atoms with Crippen molar-refractivity contribution in [2.75, 3.05) is 17.4 Å². The maximum Gasteiger partial charge on any atom is 0.264 e. The predicted octanol–water partition coefficient (Wildman–Crippen LogP) is 4.40. The smallest absolute Gasteiger partial charge is 0.264 e. The third kappa shape index (κ3) is 6.65. The number of nitrogens with one attached hydrogen (secondary N) is 1. The van der Waals surface area contributed by atoms with Crippen molar-refractivity contribution in [2.45, 2.75) is 38.3 Å². The Kier molecular flexibility index (Phi) is 9.12. The highest BCUT2D eigenvalue weighted by molar-refractivity contribution is 7.92. The van der Waals surface area contributed by atoms with E-state index in [0.29, 0.717) is 11.6 Å². The standard InChI is InChI=1S/C27H30ClN3O4S/c1-4-29-27(33)21(3)30(18-22-10-8-9-20(2)17-22)26(32)19-31(24-15-13-23(28)14-16-24)36(34,35)25-11-6-5-7-12-25/h5-17,21H,4,18-19H2,1-3H3,(H,29,33). The Morgan fingerprint density at radius 1 is 0.972 bits per heavy atom. The highest BCUT2D eigenvalue weighted by Gasteiger charge is 2.32. The molecule has 190 valence electrons. The summed E-state index contributed by atoms with van der Waals surface area (Å²) in [5.41, 5.74) is 2.14. The van der Waals surface area contributed by atoms with Gasteiger partial charge in [0.25, 0.3) is 10.0 Å². The van der Waals surface area contributed by atoms with Gasteiger partial charge in [0, 0.05) is 18.1 Å². The number of rotatable bonds is 10. The van der Waals surface area contributed by atoms with Crippen LogP contribution in [-0.4, -0.2) is 44.3 Å². The molecular formula is C27H30ClN3O4S. The van der Waals surface area contributed by atoms with E-state index < -0.39 is 28.5 Å². The summed E-state index contributed by atoms with van der Waals surface area (Å²) < 4.78 is 28.3. The molecule has 2 amide bonds.